The highest BCUT2D eigenvalue weighted by Crippen LogP contribution is 2.24. The molecule has 0 radical (unpaired) electrons. The van der Waals surface area contributed by atoms with Gasteiger partial charge in [0.25, 0.3) is 0 Å². The summed E-state index contributed by atoms with van der Waals surface area (Å²) < 4.78 is 4.76. The van der Waals surface area contributed by atoms with Crippen LogP contribution in [0.3, 0.4) is 0 Å². The van der Waals surface area contributed by atoms with E-state index in [0.29, 0.717) is 11.4 Å². The first-order valence-electron chi connectivity index (χ1n) is 5.19. The highest BCUT2D eigenvalue weighted by Gasteiger charge is 2.16. The number of esters is 1. The van der Waals surface area contributed by atoms with E-state index in [1.807, 2.05) is 19.1 Å². The molecule has 0 aliphatic heterocycles. The number of carbonyl (C=O) groups excluding carboxylic acids is 1. The first kappa shape index (κ1) is 11.3. The van der Waals surface area contributed by atoms with E-state index < -0.39 is 0 Å². The maximum Gasteiger partial charge on any atom is 0.338 e. The molecule has 0 atom stereocenters. The Hall–Kier alpha value is -2.23. The van der Waals surface area contributed by atoms with Crippen LogP contribution in [0, 0.1) is 6.92 Å². The average Bonchev–Trinajstić information content (AvgIpc) is 2.38. The molecule has 0 aliphatic rings. The lowest BCUT2D eigenvalue weighted by molar-refractivity contribution is 0.0601. The van der Waals surface area contributed by atoms with E-state index in [0.717, 1.165) is 11.1 Å². The van der Waals surface area contributed by atoms with Gasteiger partial charge in [-0.3, -0.25) is 0 Å². The Morgan fingerprint density at radius 1 is 1.18 bits per heavy atom. The van der Waals surface area contributed by atoms with Gasteiger partial charge in [0.2, 0.25) is 0 Å². The second-order valence-corrected chi connectivity index (χ2v) is 3.56. The van der Waals surface area contributed by atoms with Gasteiger partial charge in [0.15, 0.2) is 5.82 Å². The Labute approximate surface area is 99.3 Å². The van der Waals surface area contributed by atoms with Gasteiger partial charge < -0.3 is 4.74 Å². The van der Waals surface area contributed by atoms with Crippen LogP contribution in [0.15, 0.2) is 36.7 Å². The van der Waals surface area contributed by atoms with Crippen LogP contribution in [-0.4, -0.2) is 23.0 Å². The third-order valence-electron chi connectivity index (χ3n) is 2.47. The van der Waals surface area contributed by atoms with Crippen molar-refractivity contribution in [1.29, 1.82) is 0 Å². The van der Waals surface area contributed by atoms with Crippen molar-refractivity contribution in [2.24, 2.45) is 0 Å². The van der Waals surface area contributed by atoms with Gasteiger partial charge in [-0.05, 0) is 24.6 Å². The number of ether oxygens (including phenoxy) is 1. The predicted octanol–water partition coefficient (Wildman–Crippen LogP) is 2.24. The molecule has 0 spiro atoms. The molecule has 0 fully saturated rings. The first-order valence-corrected chi connectivity index (χ1v) is 5.19. The molecule has 2 aromatic rings. The van der Waals surface area contributed by atoms with Crippen molar-refractivity contribution in [2.75, 3.05) is 7.11 Å². The van der Waals surface area contributed by atoms with Crippen molar-refractivity contribution in [3.05, 3.63) is 47.8 Å². The Morgan fingerprint density at radius 3 is 2.53 bits per heavy atom. The molecule has 4 heteroatoms. The fraction of sp³-hybridized carbons (Fsp3) is 0.154. The zero-order valence-electron chi connectivity index (χ0n) is 9.68. The van der Waals surface area contributed by atoms with Crippen LogP contribution in [0.5, 0.6) is 0 Å². The summed E-state index contributed by atoms with van der Waals surface area (Å²) in [5, 5.41) is 0. The van der Waals surface area contributed by atoms with Crippen molar-refractivity contribution in [1.82, 2.24) is 9.97 Å². The SMILES string of the molecule is COC(=O)c1cccc(C)c1-c1ncccn1. The van der Waals surface area contributed by atoms with Crippen LogP contribution < -0.4 is 0 Å². The molecule has 0 saturated carbocycles. The van der Waals surface area contributed by atoms with Crippen molar-refractivity contribution in [3.8, 4) is 11.4 Å². The summed E-state index contributed by atoms with van der Waals surface area (Å²) in [7, 11) is 1.36. The lowest BCUT2D eigenvalue weighted by Crippen LogP contribution is -2.06. The molecule has 0 unspecified atom stereocenters. The minimum Gasteiger partial charge on any atom is -0.465 e. The molecule has 86 valence electrons. The summed E-state index contributed by atoms with van der Waals surface area (Å²) in [5.41, 5.74) is 2.15. The third kappa shape index (κ3) is 2.15. The fourth-order valence-electron chi connectivity index (χ4n) is 1.67. The second-order valence-electron chi connectivity index (χ2n) is 3.56. The largest absolute Gasteiger partial charge is 0.465 e. The van der Waals surface area contributed by atoms with Crippen molar-refractivity contribution in [2.45, 2.75) is 6.92 Å². The molecule has 17 heavy (non-hydrogen) atoms. The van der Waals surface area contributed by atoms with E-state index in [1.54, 1.807) is 24.5 Å². The number of aromatic nitrogens is 2. The Balaban J connectivity index is 2.64. The predicted molar refractivity (Wildman–Crippen MR) is 63.5 cm³/mol. The lowest BCUT2D eigenvalue weighted by Gasteiger charge is -2.09. The second kappa shape index (κ2) is 4.74. The molecular formula is C13H12N2O2. The van der Waals surface area contributed by atoms with Crippen LogP contribution >= 0.6 is 0 Å². The number of hydrogen-bond donors (Lipinski definition) is 0. The quantitative estimate of drug-likeness (QED) is 0.740. The van der Waals surface area contributed by atoms with Gasteiger partial charge in [-0.25, -0.2) is 14.8 Å². The monoisotopic (exact) mass is 228 g/mol. The number of nitrogens with zero attached hydrogens (tertiary/aromatic N) is 2. The van der Waals surface area contributed by atoms with E-state index in [-0.39, 0.29) is 5.97 Å². The van der Waals surface area contributed by atoms with Crippen molar-refractivity contribution >= 4 is 5.97 Å². The maximum absolute atomic E-state index is 11.7. The fourth-order valence-corrected chi connectivity index (χ4v) is 1.67. The van der Waals surface area contributed by atoms with Gasteiger partial charge in [0.05, 0.1) is 12.7 Å². The minimum absolute atomic E-state index is 0.379. The first-order chi connectivity index (χ1) is 8.24. The number of benzene rings is 1. The summed E-state index contributed by atoms with van der Waals surface area (Å²) >= 11 is 0. The number of rotatable bonds is 2. The molecular weight excluding hydrogens is 216 g/mol. The lowest BCUT2D eigenvalue weighted by atomic mass is 10.0. The molecule has 0 N–H and O–H groups in total. The van der Waals surface area contributed by atoms with Crippen molar-refractivity contribution < 1.29 is 9.53 Å². The van der Waals surface area contributed by atoms with Gasteiger partial charge in [0, 0.05) is 18.0 Å². The number of aryl methyl sites for hydroxylation is 1. The van der Waals surface area contributed by atoms with Crippen molar-refractivity contribution in [3.63, 3.8) is 0 Å². The van der Waals surface area contributed by atoms with E-state index in [1.165, 1.54) is 7.11 Å². The molecule has 0 aliphatic carbocycles. The molecule has 2 rings (SSSR count). The van der Waals surface area contributed by atoms with Crippen LogP contribution in [0.4, 0.5) is 0 Å². The van der Waals surface area contributed by atoms with Crippen LogP contribution in [0.1, 0.15) is 15.9 Å². The Kier molecular flexibility index (Phi) is 3.14. The molecule has 0 bridgehead atoms. The number of carbonyl (C=O) groups is 1. The zero-order chi connectivity index (χ0) is 12.3. The van der Waals surface area contributed by atoms with E-state index in [2.05, 4.69) is 9.97 Å². The van der Waals surface area contributed by atoms with Gasteiger partial charge in [-0.1, -0.05) is 12.1 Å². The molecule has 1 aromatic heterocycles. The normalized spacial score (nSPS) is 10.0. The Morgan fingerprint density at radius 2 is 1.88 bits per heavy atom. The molecule has 4 nitrogen and oxygen atoms in total. The molecule has 1 aromatic carbocycles. The minimum atomic E-state index is -0.379. The standard InChI is InChI=1S/C13H12N2O2/c1-9-5-3-6-10(13(16)17-2)11(9)12-14-7-4-8-15-12/h3-8H,1-2H3. The summed E-state index contributed by atoms with van der Waals surface area (Å²) in [6, 6.07) is 7.18. The maximum atomic E-state index is 11.7. The van der Waals surface area contributed by atoms with Gasteiger partial charge in [-0.15, -0.1) is 0 Å². The molecule has 0 saturated heterocycles. The Bertz CT molecular complexity index is 538. The van der Waals surface area contributed by atoms with E-state index in [9.17, 15) is 4.79 Å². The summed E-state index contributed by atoms with van der Waals surface area (Å²) in [6.45, 7) is 1.91. The van der Waals surface area contributed by atoms with E-state index in [4.69, 9.17) is 4.74 Å². The van der Waals surface area contributed by atoms with E-state index >= 15 is 0 Å². The van der Waals surface area contributed by atoms with Crippen LogP contribution in [0.2, 0.25) is 0 Å². The summed E-state index contributed by atoms with van der Waals surface area (Å²) in [4.78, 5) is 20.0. The number of hydrogen-bond acceptors (Lipinski definition) is 4. The average molecular weight is 228 g/mol. The molecule has 1 heterocycles. The van der Waals surface area contributed by atoms with Gasteiger partial charge in [-0.2, -0.15) is 0 Å². The highest BCUT2D eigenvalue weighted by molar-refractivity contribution is 5.97. The number of methoxy groups -OCH3 is 1. The van der Waals surface area contributed by atoms with Crippen LogP contribution in [0.25, 0.3) is 11.4 Å². The van der Waals surface area contributed by atoms with Gasteiger partial charge in [0.1, 0.15) is 0 Å². The third-order valence-corrected chi connectivity index (χ3v) is 2.47. The summed E-state index contributed by atoms with van der Waals surface area (Å²) in [6.07, 6.45) is 3.30. The van der Waals surface area contributed by atoms with Gasteiger partial charge >= 0.3 is 5.97 Å². The topological polar surface area (TPSA) is 52.1 Å². The molecule has 0 amide bonds. The smallest absolute Gasteiger partial charge is 0.338 e. The van der Waals surface area contributed by atoms with Crippen LogP contribution in [-0.2, 0) is 4.74 Å². The summed E-state index contributed by atoms with van der Waals surface area (Å²) in [5.74, 6) is 0.155. The highest BCUT2D eigenvalue weighted by atomic mass is 16.5. The zero-order valence-corrected chi connectivity index (χ0v) is 9.68.